The van der Waals surface area contributed by atoms with Crippen LogP contribution in [0.4, 0.5) is 5.69 Å². The summed E-state index contributed by atoms with van der Waals surface area (Å²) < 4.78 is 0. The average molecular weight is 571 g/mol. The lowest BCUT2D eigenvalue weighted by Crippen LogP contribution is -2.26. The van der Waals surface area contributed by atoms with Gasteiger partial charge in [0.1, 0.15) is 0 Å². The molecular weight excluding hydrogens is 544 g/mol. The Morgan fingerprint density at radius 1 is 0.400 bits per heavy atom. The maximum Gasteiger partial charge on any atom is 0.205 e. The van der Waals surface area contributed by atoms with Gasteiger partial charge in [0, 0.05) is 12.4 Å². The zero-order valence-corrected chi connectivity index (χ0v) is 24.4. The number of fused-ring (bicyclic) bond motifs is 10. The van der Waals surface area contributed by atoms with Crippen LogP contribution in [-0.4, -0.2) is 4.98 Å². The highest BCUT2D eigenvalue weighted by Crippen LogP contribution is 2.63. The molecule has 0 unspecified atom stereocenters. The van der Waals surface area contributed by atoms with Crippen molar-refractivity contribution in [1.82, 2.24) is 4.98 Å². The minimum absolute atomic E-state index is 0.426. The van der Waals surface area contributed by atoms with E-state index in [0.29, 0.717) is 5.69 Å². The van der Waals surface area contributed by atoms with Gasteiger partial charge in [-0.2, -0.15) is 0 Å². The van der Waals surface area contributed by atoms with Gasteiger partial charge in [-0.1, -0.05) is 121 Å². The first-order valence-electron chi connectivity index (χ1n) is 15.2. The van der Waals surface area contributed by atoms with Crippen LogP contribution in [0.3, 0.4) is 0 Å². The molecule has 0 N–H and O–H groups in total. The molecule has 9 rings (SSSR count). The third-order valence-electron chi connectivity index (χ3n) is 9.58. The van der Waals surface area contributed by atoms with E-state index in [9.17, 15) is 0 Å². The molecule has 1 aromatic heterocycles. The smallest absolute Gasteiger partial charge is 0.205 e. The maximum atomic E-state index is 7.44. The largest absolute Gasteiger partial charge is 0.276 e. The van der Waals surface area contributed by atoms with Crippen LogP contribution in [0.1, 0.15) is 22.3 Å². The third kappa shape index (κ3) is 3.65. The molecule has 0 amide bonds. The lowest BCUT2D eigenvalue weighted by molar-refractivity contribution is 0.794. The molecule has 0 bridgehead atoms. The summed E-state index contributed by atoms with van der Waals surface area (Å²) in [5, 5.41) is 0. The quantitative estimate of drug-likeness (QED) is 0.193. The van der Waals surface area contributed by atoms with Crippen molar-refractivity contribution in [1.29, 1.82) is 0 Å². The number of pyridine rings is 1. The van der Waals surface area contributed by atoms with Crippen molar-refractivity contribution in [3.05, 3.63) is 192 Å². The average Bonchev–Trinajstić information content (AvgIpc) is 3.59. The second-order valence-corrected chi connectivity index (χ2v) is 11.9. The van der Waals surface area contributed by atoms with Gasteiger partial charge in [0.2, 0.25) is 5.69 Å². The third-order valence-corrected chi connectivity index (χ3v) is 9.58. The minimum atomic E-state index is -0.426. The number of benzene rings is 6. The Labute approximate surface area is 262 Å². The second-order valence-electron chi connectivity index (χ2n) is 11.9. The minimum Gasteiger partial charge on any atom is -0.276 e. The van der Waals surface area contributed by atoms with Gasteiger partial charge < -0.3 is 0 Å². The fourth-order valence-corrected chi connectivity index (χ4v) is 7.65. The summed E-state index contributed by atoms with van der Waals surface area (Å²) in [5.74, 6) is 0. The first-order chi connectivity index (χ1) is 22.3. The Kier molecular flexibility index (Phi) is 5.51. The SMILES string of the molecule is [C-]#[N+]c1cncc(-c2cccc(-c3ccc4c(c3)C3(c5ccccc5-c5ccccc53)c3cc(-c5ccccc5)ccc3-4)c2)c1. The van der Waals surface area contributed by atoms with E-state index >= 15 is 0 Å². The predicted molar refractivity (Wildman–Crippen MR) is 183 cm³/mol. The first kappa shape index (κ1) is 25.5. The van der Waals surface area contributed by atoms with Crippen molar-refractivity contribution in [2.75, 3.05) is 0 Å². The second kappa shape index (κ2) is 9.74. The van der Waals surface area contributed by atoms with Crippen LogP contribution in [-0.2, 0) is 5.41 Å². The number of hydrogen-bond donors (Lipinski definition) is 0. The van der Waals surface area contributed by atoms with E-state index in [0.717, 1.165) is 16.7 Å². The topological polar surface area (TPSA) is 17.2 Å². The van der Waals surface area contributed by atoms with E-state index in [-0.39, 0.29) is 0 Å². The van der Waals surface area contributed by atoms with E-state index in [2.05, 4.69) is 149 Å². The normalized spacial score (nSPS) is 13.0. The molecule has 2 aliphatic rings. The van der Waals surface area contributed by atoms with Crippen LogP contribution in [0, 0.1) is 6.57 Å². The molecule has 6 aromatic carbocycles. The predicted octanol–water partition coefficient (Wildman–Crippen LogP) is 11.0. The Morgan fingerprint density at radius 3 is 1.56 bits per heavy atom. The molecule has 0 atom stereocenters. The fraction of sp³-hybridized carbons (Fsp3) is 0.0233. The molecular formula is C43H26N2. The van der Waals surface area contributed by atoms with Crippen molar-refractivity contribution < 1.29 is 0 Å². The van der Waals surface area contributed by atoms with Gasteiger partial charge in [-0.05, 0) is 102 Å². The monoisotopic (exact) mass is 570 g/mol. The summed E-state index contributed by atoms with van der Waals surface area (Å²) >= 11 is 0. The molecule has 1 heterocycles. The van der Waals surface area contributed by atoms with Crippen molar-refractivity contribution in [2.45, 2.75) is 5.41 Å². The van der Waals surface area contributed by atoms with Crippen LogP contribution < -0.4 is 0 Å². The van der Waals surface area contributed by atoms with Gasteiger partial charge in [0.05, 0.1) is 12.0 Å². The lowest BCUT2D eigenvalue weighted by Gasteiger charge is -2.31. The summed E-state index contributed by atoms with van der Waals surface area (Å²) in [4.78, 5) is 7.90. The highest BCUT2D eigenvalue weighted by molar-refractivity contribution is 5.97. The molecule has 2 nitrogen and oxygen atoms in total. The molecule has 0 aliphatic heterocycles. The van der Waals surface area contributed by atoms with Crippen LogP contribution in [0.2, 0.25) is 0 Å². The van der Waals surface area contributed by atoms with Gasteiger partial charge in [-0.25, -0.2) is 4.85 Å². The maximum absolute atomic E-state index is 7.44. The molecule has 0 fully saturated rings. The van der Waals surface area contributed by atoms with Gasteiger partial charge >= 0.3 is 0 Å². The van der Waals surface area contributed by atoms with E-state index in [1.807, 2.05) is 12.3 Å². The van der Waals surface area contributed by atoms with Gasteiger partial charge in [0.25, 0.3) is 0 Å². The number of hydrogen-bond acceptors (Lipinski definition) is 1. The molecule has 208 valence electrons. The molecule has 1 spiro atoms. The first-order valence-corrected chi connectivity index (χ1v) is 15.2. The van der Waals surface area contributed by atoms with Gasteiger partial charge in [-0.3, -0.25) is 4.98 Å². The van der Waals surface area contributed by atoms with E-state index in [1.165, 1.54) is 61.2 Å². The summed E-state index contributed by atoms with van der Waals surface area (Å²) in [6.45, 7) is 7.44. The molecule has 0 saturated carbocycles. The fourth-order valence-electron chi connectivity index (χ4n) is 7.65. The summed E-state index contributed by atoms with van der Waals surface area (Å²) in [6.07, 6.45) is 3.44. The number of aromatic nitrogens is 1. The number of rotatable bonds is 3. The summed E-state index contributed by atoms with van der Waals surface area (Å²) in [5.41, 5.74) is 17.4. The molecule has 2 heteroatoms. The molecule has 2 aliphatic carbocycles. The summed E-state index contributed by atoms with van der Waals surface area (Å²) in [6, 6.07) is 53.1. The van der Waals surface area contributed by atoms with E-state index in [4.69, 9.17) is 6.57 Å². The van der Waals surface area contributed by atoms with Crippen LogP contribution in [0.25, 0.3) is 60.5 Å². The number of nitrogens with zero attached hydrogens (tertiary/aromatic N) is 2. The molecule has 7 aromatic rings. The van der Waals surface area contributed by atoms with Crippen LogP contribution in [0.5, 0.6) is 0 Å². The molecule has 45 heavy (non-hydrogen) atoms. The highest BCUT2D eigenvalue weighted by atomic mass is 14.7. The van der Waals surface area contributed by atoms with Crippen molar-refractivity contribution in [2.24, 2.45) is 0 Å². The van der Waals surface area contributed by atoms with E-state index < -0.39 is 5.41 Å². The Hall–Kier alpha value is -6.04. The zero-order valence-electron chi connectivity index (χ0n) is 24.4. The lowest BCUT2D eigenvalue weighted by atomic mass is 9.70. The van der Waals surface area contributed by atoms with Crippen LogP contribution in [0.15, 0.2) is 158 Å². The highest BCUT2D eigenvalue weighted by Gasteiger charge is 2.51. The van der Waals surface area contributed by atoms with Gasteiger partial charge in [0.15, 0.2) is 0 Å². The van der Waals surface area contributed by atoms with Gasteiger partial charge in [-0.15, -0.1) is 0 Å². The Balaban J connectivity index is 1.30. The standard InChI is InChI=1S/C43H26N2/c1-44-34-23-33(26-45-27-34)30-13-9-12-29(22-30)32-19-21-38-37-20-18-31(28-10-3-2-4-11-28)24-41(37)43(42(38)25-32)39-16-7-5-14-35(39)36-15-6-8-17-40(36)43/h2-27H. The molecule has 0 radical (unpaired) electrons. The molecule has 0 saturated heterocycles. The van der Waals surface area contributed by atoms with E-state index in [1.54, 1.807) is 6.20 Å². The van der Waals surface area contributed by atoms with Crippen molar-refractivity contribution in [3.63, 3.8) is 0 Å². The van der Waals surface area contributed by atoms with Crippen molar-refractivity contribution in [3.8, 4) is 55.6 Å². The Bertz CT molecular complexity index is 2300. The van der Waals surface area contributed by atoms with Crippen molar-refractivity contribution >= 4 is 5.69 Å². The zero-order chi connectivity index (χ0) is 30.0. The van der Waals surface area contributed by atoms with Crippen LogP contribution >= 0.6 is 0 Å². The summed E-state index contributed by atoms with van der Waals surface area (Å²) in [7, 11) is 0. The Morgan fingerprint density at radius 2 is 0.911 bits per heavy atom.